The van der Waals surface area contributed by atoms with Crippen LogP contribution in [0.4, 0.5) is 0 Å². The first-order valence-corrected chi connectivity index (χ1v) is 9.23. The summed E-state index contributed by atoms with van der Waals surface area (Å²) >= 11 is 6.23. The van der Waals surface area contributed by atoms with Gasteiger partial charge in [0.1, 0.15) is 12.1 Å². The van der Waals surface area contributed by atoms with Crippen LogP contribution in [-0.4, -0.2) is 13.1 Å². The van der Waals surface area contributed by atoms with Crippen LogP contribution in [0.5, 0.6) is 5.75 Å². The number of hydrogen-bond donors (Lipinski definition) is 1. The summed E-state index contributed by atoms with van der Waals surface area (Å²) in [7, 11) is 0. The number of halogens is 1. The largest absolute Gasteiger partial charge is 0.871 e. The van der Waals surface area contributed by atoms with E-state index in [-0.39, 0.29) is 16.4 Å². The van der Waals surface area contributed by atoms with Gasteiger partial charge in [-0.05, 0) is 49.7 Å². The Hall–Kier alpha value is -1.52. The van der Waals surface area contributed by atoms with E-state index in [0.29, 0.717) is 17.7 Å². The van der Waals surface area contributed by atoms with Crippen molar-refractivity contribution in [3.63, 3.8) is 0 Å². The summed E-state index contributed by atoms with van der Waals surface area (Å²) in [6, 6.07) is 1.70. The van der Waals surface area contributed by atoms with Crippen molar-refractivity contribution < 1.29 is 14.4 Å². The van der Waals surface area contributed by atoms with Crippen molar-refractivity contribution >= 4 is 22.6 Å². The summed E-state index contributed by atoms with van der Waals surface area (Å²) in [5, 5.41) is 13.7. The minimum absolute atomic E-state index is 0.184. The highest BCUT2D eigenvalue weighted by Crippen LogP contribution is 2.36. The normalized spacial score (nSPS) is 23.6. The van der Waals surface area contributed by atoms with Crippen LogP contribution in [0.15, 0.2) is 15.3 Å². The molecule has 2 aliphatic rings. The lowest BCUT2D eigenvalue weighted by atomic mass is 9.98. The molecule has 1 aromatic carbocycles. The zero-order valence-corrected chi connectivity index (χ0v) is 14.7. The summed E-state index contributed by atoms with van der Waals surface area (Å²) in [4.78, 5) is 13.7. The van der Waals surface area contributed by atoms with E-state index in [0.717, 1.165) is 54.8 Å². The average Bonchev–Trinajstić information content (AvgIpc) is 3.05. The van der Waals surface area contributed by atoms with E-state index < -0.39 is 0 Å². The number of piperidine rings is 1. The molecule has 1 aromatic heterocycles. The molecule has 1 fully saturated rings. The lowest BCUT2D eigenvalue weighted by Gasteiger charge is -2.29. The van der Waals surface area contributed by atoms with Gasteiger partial charge in [0.15, 0.2) is 0 Å². The second-order valence-electron chi connectivity index (χ2n) is 7.35. The third kappa shape index (κ3) is 2.62. The lowest BCUT2D eigenvalue weighted by molar-refractivity contribution is -0.919. The number of rotatable bonds is 2. The molecule has 1 saturated heterocycles. The molecule has 1 aliphatic heterocycles. The van der Waals surface area contributed by atoms with Crippen LogP contribution in [-0.2, 0) is 19.4 Å². The topological polar surface area (TPSA) is 57.7 Å². The van der Waals surface area contributed by atoms with Gasteiger partial charge < -0.3 is 14.4 Å². The van der Waals surface area contributed by atoms with Crippen molar-refractivity contribution in [1.29, 1.82) is 0 Å². The van der Waals surface area contributed by atoms with Crippen LogP contribution in [0.25, 0.3) is 11.0 Å². The van der Waals surface area contributed by atoms with E-state index >= 15 is 0 Å². The maximum absolute atomic E-state index is 12.6. The summed E-state index contributed by atoms with van der Waals surface area (Å²) in [6.07, 6.45) is 4.91. The third-order valence-corrected chi connectivity index (χ3v) is 5.95. The summed E-state index contributed by atoms with van der Waals surface area (Å²) in [5.41, 5.74) is 2.57. The van der Waals surface area contributed by atoms with Crippen LogP contribution >= 0.6 is 11.6 Å². The van der Waals surface area contributed by atoms with Crippen molar-refractivity contribution in [2.75, 3.05) is 13.1 Å². The molecule has 0 bridgehead atoms. The van der Waals surface area contributed by atoms with Gasteiger partial charge in [-0.3, -0.25) is 0 Å². The maximum Gasteiger partial charge on any atom is 0.339 e. The van der Waals surface area contributed by atoms with Gasteiger partial charge in [-0.1, -0.05) is 24.3 Å². The molecule has 0 unspecified atom stereocenters. The molecule has 4 nitrogen and oxygen atoms in total. The molecule has 2 aromatic rings. The predicted octanol–water partition coefficient (Wildman–Crippen LogP) is 1.82. The molecule has 0 saturated carbocycles. The van der Waals surface area contributed by atoms with E-state index in [9.17, 15) is 9.90 Å². The van der Waals surface area contributed by atoms with Crippen molar-refractivity contribution in [3.8, 4) is 5.75 Å². The SMILES string of the molecule is CC1CC[NH+](Cc2c([O-])c(Cl)cc3c4c(c(=O)oc23)CCC4)CC1. The second-order valence-corrected chi connectivity index (χ2v) is 7.76. The number of quaternary nitrogens is 1. The van der Waals surface area contributed by atoms with E-state index in [1.54, 1.807) is 6.07 Å². The zero-order chi connectivity index (χ0) is 16.8. The molecule has 128 valence electrons. The van der Waals surface area contributed by atoms with Crippen LogP contribution in [0.2, 0.25) is 5.02 Å². The van der Waals surface area contributed by atoms with E-state index in [2.05, 4.69) is 6.92 Å². The highest BCUT2D eigenvalue weighted by Gasteiger charge is 2.25. The van der Waals surface area contributed by atoms with Crippen LogP contribution < -0.4 is 15.6 Å². The highest BCUT2D eigenvalue weighted by molar-refractivity contribution is 6.33. The highest BCUT2D eigenvalue weighted by atomic mass is 35.5. The fourth-order valence-corrected chi connectivity index (χ4v) is 4.41. The zero-order valence-electron chi connectivity index (χ0n) is 13.9. The van der Waals surface area contributed by atoms with Crippen LogP contribution in [0, 0.1) is 5.92 Å². The summed E-state index contributed by atoms with van der Waals surface area (Å²) in [6.45, 7) is 4.95. The van der Waals surface area contributed by atoms with Crippen molar-refractivity contribution in [2.45, 2.75) is 45.6 Å². The molecular weight excluding hydrogens is 326 g/mol. The molecule has 4 rings (SSSR count). The van der Waals surface area contributed by atoms with Crippen molar-refractivity contribution in [2.24, 2.45) is 5.92 Å². The number of hydrogen-bond acceptors (Lipinski definition) is 3. The average molecular weight is 348 g/mol. The number of likely N-dealkylation sites (tertiary alicyclic amines) is 1. The number of nitrogens with one attached hydrogen (secondary N) is 1. The fraction of sp³-hybridized carbons (Fsp3) is 0.526. The monoisotopic (exact) mass is 347 g/mol. The van der Waals surface area contributed by atoms with Gasteiger partial charge in [-0.25, -0.2) is 4.79 Å². The van der Waals surface area contributed by atoms with Gasteiger partial charge in [0.05, 0.1) is 13.1 Å². The van der Waals surface area contributed by atoms with Gasteiger partial charge in [-0.15, -0.1) is 0 Å². The van der Waals surface area contributed by atoms with Crippen LogP contribution in [0.1, 0.15) is 42.9 Å². The van der Waals surface area contributed by atoms with Gasteiger partial charge in [0, 0.05) is 21.5 Å². The molecule has 0 spiro atoms. The standard InChI is InChI=1S/C19H22ClNO3/c1-11-5-7-21(8-6-11)10-15-17(22)16(20)9-14-12-3-2-4-13(12)19(23)24-18(14)15/h9,11,22H,2-8,10H2,1H3. The third-order valence-electron chi connectivity index (χ3n) is 5.67. The number of aryl methyl sites for hydroxylation is 1. The Labute approximate surface area is 146 Å². The summed E-state index contributed by atoms with van der Waals surface area (Å²) in [5.74, 6) is 0.564. The maximum atomic E-state index is 12.6. The molecule has 0 atom stereocenters. The van der Waals surface area contributed by atoms with Gasteiger partial charge in [0.2, 0.25) is 0 Å². The van der Waals surface area contributed by atoms with E-state index in [1.165, 1.54) is 17.7 Å². The lowest BCUT2D eigenvalue weighted by Crippen LogP contribution is -3.11. The summed E-state index contributed by atoms with van der Waals surface area (Å²) < 4.78 is 5.61. The Balaban J connectivity index is 1.83. The van der Waals surface area contributed by atoms with E-state index in [4.69, 9.17) is 16.0 Å². The van der Waals surface area contributed by atoms with Crippen molar-refractivity contribution in [3.05, 3.63) is 38.2 Å². The Kier molecular flexibility index (Phi) is 4.05. The molecule has 24 heavy (non-hydrogen) atoms. The van der Waals surface area contributed by atoms with Gasteiger partial charge in [0.25, 0.3) is 0 Å². The molecule has 0 radical (unpaired) electrons. The second kappa shape index (κ2) is 6.08. The van der Waals surface area contributed by atoms with E-state index in [1.807, 2.05) is 0 Å². The Morgan fingerprint density at radius 3 is 2.75 bits per heavy atom. The van der Waals surface area contributed by atoms with Gasteiger partial charge in [-0.2, -0.15) is 0 Å². The molecule has 1 N–H and O–H groups in total. The molecular formula is C19H22ClNO3. The fourth-order valence-electron chi connectivity index (χ4n) is 4.19. The van der Waals surface area contributed by atoms with Crippen molar-refractivity contribution in [1.82, 2.24) is 0 Å². The first-order valence-electron chi connectivity index (χ1n) is 8.85. The first kappa shape index (κ1) is 16.0. The molecule has 2 heterocycles. The molecule has 5 heteroatoms. The van der Waals surface area contributed by atoms with Gasteiger partial charge >= 0.3 is 5.63 Å². The molecule has 1 aliphatic carbocycles. The minimum atomic E-state index is -0.278. The number of benzene rings is 1. The van der Waals surface area contributed by atoms with Crippen LogP contribution in [0.3, 0.4) is 0 Å². The minimum Gasteiger partial charge on any atom is -0.871 e. The Bertz CT molecular complexity index is 850. The Morgan fingerprint density at radius 1 is 1.29 bits per heavy atom. The first-order chi connectivity index (χ1) is 11.5. The molecule has 0 amide bonds. The quantitative estimate of drug-likeness (QED) is 0.843. The predicted molar refractivity (Wildman–Crippen MR) is 91.8 cm³/mol. The smallest absolute Gasteiger partial charge is 0.339 e. The Morgan fingerprint density at radius 2 is 2.00 bits per heavy atom. The number of fused-ring (bicyclic) bond motifs is 3.